The van der Waals surface area contributed by atoms with E-state index in [4.69, 9.17) is 15.2 Å². The molecule has 0 spiro atoms. The summed E-state index contributed by atoms with van der Waals surface area (Å²) in [6.45, 7) is 1.20. The third kappa shape index (κ3) is 5.56. The molecule has 0 amide bonds. The number of hydrogen-bond donors (Lipinski definition) is 3. The zero-order valence-electron chi connectivity index (χ0n) is 5.03. The van der Waals surface area contributed by atoms with Crippen LogP contribution in [0.15, 0.2) is 0 Å². The summed E-state index contributed by atoms with van der Waals surface area (Å²) in [6.07, 6.45) is 0.279. The van der Waals surface area contributed by atoms with Crippen LogP contribution in [0.3, 0.4) is 0 Å². The minimum absolute atomic E-state index is 0.309. The molecule has 0 saturated carbocycles. The third-order valence-electron chi connectivity index (χ3n) is 0.616. The van der Waals surface area contributed by atoms with Gasteiger partial charge in [0.05, 0.1) is 6.21 Å². The minimum atomic E-state index is -2.99. The van der Waals surface area contributed by atoms with Crippen molar-refractivity contribution in [3.63, 3.8) is 0 Å². The first-order valence-electron chi connectivity index (χ1n) is 2.30. The molecule has 0 aromatic heterocycles. The second-order valence-electron chi connectivity index (χ2n) is 1.86. The fourth-order valence-corrected chi connectivity index (χ4v) is 1.02. The summed E-state index contributed by atoms with van der Waals surface area (Å²) in [4.78, 5) is 27.6. The number of carbonyl (C=O) groups is 1. The van der Waals surface area contributed by atoms with Gasteiger partial charge in [-0.3, -0.25) is 4.79 Å². The Kier molecular flexibility index (Phi) is 2.91. The Hall–Kier alpha value is -0.310. The molecule has 0 atom stereocenters. The van der Waals surface area contributed by atoms with Gasteiger partial charge in [-0.1, -0.05) is 0 Å². The molecule has 0 aliphatic carbocycles. The molecule has 3 N–H and O–H groups in total. The molecule has 0 bridgehead atoms. The second-order valence-corrected chi connectivity index (χ2v) is 4.35. The van der Waals surface area contributed by atoms with E-state index in [1.54, 1.807) is 0 Å². The maximum atomic E-state index is 10.3. The summed E-state index contributed by atoms with van der Waals surface area (Å²) in [7, 11) is -2.99. The summed E-state index contributed by atoms with van der Waals surface area (Å²) < 4.78 is 0. The normalized spacial score (nSPS) is 11.0. The molecule has 0 aliphatic rings. The van der Waals surface area contributed by atoms with E-state index in [1.807, 2.05) is 0 Å². The lowest BCUT2D eigenvalue weighted by Crippen LogP contribution is -2.08. The van der Waals surface area contributed by atoms with Crippen LogP contribution in [0.25, 0.3) is 0 Å². The molecule has 0 aromatic carbocycles. The van der Waals surface area contributed by atoms with Crippen molar-refractivity contribution in [3.8, 4) is 0 Å². The second kappa shape index (κ2) is 3.01. The Morgan fingerprint density at radius 1 is 1.78 bits per heavy atom. The van der Waals surface area contributed by atoms with Crippen LogP contribution in [-0.2, 0) is 4.79 Å². The molecular weight excluding hydrogens is 141 g/mol. The molecule has 0 fully saturated rings. The monoisotopic (exact) mass is 150 g/mol. The number of Topliss-reactive ketones (excluding diaryl/α,β-unsaturated/α-hetero) is 1. The van der Waals surface area contributed by atoms with Crippen LogP contribution >= 0.6 is 7.72 Å². The van der Waals surface area contributed by atoms with Crippen LogP contribution in [0, 0.1) is 5.41 Å². The first-order valence-corrected chi connectivity index (χ1v) is 4.63. The van der Waals surface area contributed by atoms with Gasteiger partial charge < -0.3 is 5.41 Å². The smallest absolute Gasteiger partial charge is 0.272 e. The van der Waals surface area contributed by atoms with Crippen LogP contribution in [0.4, 0.5) is 0 Å². The zero-order valence-corrected chi connectivity index (χ0v) is 5.93. The van der Waals surface area contributed by atoms with Crippen molar-refractivity contribution in [2.45, 2.75) is 0 Å². The predicted molar refractivity (Wildman–Crippen MR) is 35.9 cm³/mol. The number of hydrogen-bond acceptors (Lipinski definition) is 4. The standard InChI is InChI=1S/C4H9NO3P/c1-9(7,8)3-4(6)2-5/h2,5,7-8H,3H2,1H3/q+1. The molecule has 0 heterocycles. The minimum Gasteiger partial charge on any atom is -0.305 e. The molecular formula is C4H9NO3P+. The summed E-state index contributed by atoms with van der Waals surface area (Å²) in [5, 5.41) is 6.41. The van der Waals surface area contributed by atoms with E-state index in [0.717, 1.165) is 0 Å². The van der Waals surface area contributed by atoms with Crippen molar-refractivity contribution < 1.29 is 14.6 Å². The summed E-state index contributed by atoms with van der Waals surface area (Å²) >= 11 is 0. The van der Waals surface area contributed by atoms with Crippen molar-refractivity contribution in [2.75, 3.05) is 12.8 Å². The first-order chi connectivity index (χ1) is 3.95. The van der Waals surface area contributed by atoms with Crippen LogP contribution in [0.5, 0.6) is 0 Å². The zero-order chi connectivity index (χ0) is 7.49. The van der Waals surface area contributed by atoms with E-state index in [2.05, 4.69) is 0 Å². The van der Waals surface area contributed by atoms with Gasteiger partial charge in [-0.2, -0.15) is 0 Å². The molecule has 9 heavy (non-hydrogen) atoms. The predicted octanol–water partition coefficient (Wildman–Crippen LogP) is -0.333. The number of nitrogens with one attached hydrogen (secondary N) is 1. The average Bonchev–Trinajstić information content (AvgIpc) is 1.62. The third-order valence-corrected chi connectivity index (χ3v) is 1.53. The Morgan fingerprint density at radius 3 is 2.33 bits per heavy atom. The van der Waals surface area contributed by atoms with E-state index < -0.39 is 13.5 Å². The SMILES string of the molecule is C[P+](O)(O)CC(=O)C=N. The molecule has 0 radical (unpaired) electrons. The largest absolute Gasteiger partial charge is 0.305 e. The van der Waals surface area contributed by atoms with Crippen molar-refractivity contribution in [1.29, 1.82) is 5.41 Å². The van der Waals surface area contributed by atoms with E-state index in [1.165, 1.54) is 6.66 Å². The van der Waals surface area contributed by atoms with E-state index in [9.17, 15) is 4.79 Å². The lowest BCUT2D eigenvalue weighted by atomic mass is 10.5. The van der Waals surface area contributed by atoms with Gasteiger partial charge in [0.15, 0.2) is 6.16 Å². The molecule has 52 valence electrons. The Bertz CT molecular complexity index is 128. The molecule has 0 unspecified atom stereocenters. The van der Waals surface area contributed by atoms with Gasteiger partial charge in [0.2, 0.25) is 5.78 Å². The van der Waals surface area contributed by atoms with Crippen molar-refractivity contribution in [2.24, 2.45) is 0 Å². The highest BCUT2D eigenvalue weighted by Crippen LogP contribution is 2.44. The quantitative estimate of drug-likeness (QED) is 0.380. The molecule has 4 nitrogen and oxygen atoms in total. The summed E-state index contributed by atoms with van der Waals surface area (Å²) in [6, 6.07) is 0. The van der Waals surface area contributed by atoms with Crippen LogP contribution in [0.2, 0.25) is 0 Å². The highest BCUT2D eigenvalue weighted by atomic mass is 31.2. The van der Waals surface area contributed by atoms with Gasteiger partial charge in [0, 0.05) is 0 Å². The van der Waals surface area contributed by atoms with Gasteiger partial charge in [0.25, 0.3) is 7.72 Å². The maximum absolute atomic E-state index is 10.3. The van der Waals surface area contributed by atoms with Gasteiger partial charge in [-0.05, 0) is 0 Å². The topological polar surface area (TPSA) is 81.4 Å². The summed E-state index contributed by atoms with van der Waals surface area (Å²) in [5.74, 6) is -0.546. The highest BCUT2D eigenvalue weighted by Gasteiger charge is 2.27. The number of rotatable bonds is 3. The Balaban J connectivity index is 3.74. The molecule has 0 aliphatic heterocycles. The van der Waals surface area contributed by atoms with Gasteiger partial charge >= 0.3 is 0 Å². The Morgan fingerprint density at radius 2 is 2.22 bits per heavy atom. The first kappa shape index (κ1) is 8.69. The highest BCUT2D eigenvalue weighted by molar-refractivity contribution is 7.64. The van der Waals surface area contributed by atoms with Gasteiger partial charge in [-0.15, -0.1) is 0 Å². The lowest BCUT2D eigenvalue weighted by Gasteiger charge is -2.01. The van der Waals surface area contributed by atoms with Crippen LogP contribution < -0.4 is 0 Å². The van der Waals surface area contributed by atoms with Gasteiger partial charge in [-0.25, -0.2) is 9.79 Å². The Labute approximate surface area is 53.5 Å². The van der Waals surface area contributed by atoms with Crippen LogP contribution in [-0.4, -0.2) is 34.6 Å². The fourth-order valence-electron chi connectivity index (χ4n) is 0.341. The van der Waals surface area contributed by atoms with Crippen LogP contribution in [0.1, 0.15) is 0 Å². The molecule has 0 rings (SSSR count). The van der Waals surface area contributed by atoms with E-state index in [0.29, 0.717) is 6.21 Å². The van der Waals surface area contributed by atoms with E-state index >= 15 is 0 Å². The average molecular weight is 150 g/mol. The van der Waals surface area contributed by atoms with Crippen molar-refractivity contribution in [3.05, 3.63) is 0 Å². The molecule has 0 aromatic rings. The maximum Gasteiger partial charge on any atom is 0.272 e. The molecule has 0 saturated heterocycles. The van der Waals surface area contributed by atoms with Crippen molar-refractivity contribution in [1.82, 2.24) is 0 Å². The summed E-state index contributed by atoms with van der Waals surface area (Å²) in [5.41, 5.74) is 0. The molecule has 5 heteroatoms. The van der Waals surface area contributed by atoms with Gasteiger partial charge in [0.1, 0.15) is 6.66 Å². The van der Waals surface area contributed by atoms with E-state index in [-0.39, 0.29) is 6.16 Å². The number of carbonyl (C=O) groups excluding carboxylic acids is 1. The van der Waals surface area contributed by atoms with Crippen molar-refractivity contribution >= 4 is 19.7 Å². The lowest BCUT2D eigenvalue weighted by molar-refractivity contribution is -0.110. The number of ketones is 1. The fraction of sp³-hybridized carbons (Fsp3) is 0.500.